The molecule has 0 unspecified atom stereocenters. The van der Waals surface area contributed by atoms with Gasteiger partial charge in [-0.1, -0.05) is 23.5 Å². The Kier molecular flexibility index (Phi) is 4.86. The Hall–Kier alpha value is -2.78. The highest BCUT2D eigenvalue weighted by Gasteiger charge is 2.17. The second-order valence-electron chi connectivity index (χ2n) is 6.50. The quantitative estimate of drug-likeness (QED) is 0.507. The van der Waals surface area contributed by atoms with Crippen LogP contribution in [0.5, 0.6) is 5.75 Å². The monoisotopic (exact) mass is 414 g/mol. The number of hydrogen-bond donors (Lipinski definition) is 1. The lowest BCUT2D eigenvalue weighted by Crippen LogP contribution is -2.21. The highest BCUT2D eigenvalue weighted by molar-refractivity contribution is 7.91. The largest absolute Gasteiger partial charge is 0.478 e. The first-order valence-electron chi connectivity index (χ1n) is 8.64. The summed E-state index contributed by atoms with van der Waals surface area (Å²) in [5.74, 6) is 0.559. The summed E-state index contributed by atoms with van der Waals surface area (Å²) in [6, 6.07) is 13.1. The van der Waals surface area contributed by atoms with E-state index < -0.39 is 15.1 Å². The maximum atomic E-state index is 11.9. The van der Waals surface area contributed by atoms with Crippen LogP contribution in [-0.2, 0) is 9.84 Å². The molecule has 0 saturated heterocycles. The minimum absolute atomic E-state index is 0.353. The van der Waals surface area contributed by atoms with E-state index in [-0.39, 0.29) is 5.94 Å². The molecule has 0 fully saturated rings. The molecule has 0 aliphatic heterocycles. The third-order valence-corrected chi connectivity index (χ3v) is 7.01. The minimum Gasteiger partial charge on any atom is -0.478 e. The normalized spacial score (nSPS) is 12.0. The van der Waals surface area contributed by atoms with Gasteiger partial charge >= 0.3 is 0 Å². The van der Waals surface area contributed by atoms with Crippen LogP contribution >= 0.6 is 11.3 Å². The number of sulfone groups is 1. The highest BCUT2D eigenvalue weighted by atomic mass is 32.2. The van der Waals surface area contributed by atoms with Crippen LogP contribution in [0.2, 0.25) is 0 Å². The van der Waals surface area contributed by atoms with Crippen LogP contribution in [0.4, 0.5) is 11.1 Å². The number of fused-ring (bicyclic) bond motifs is 2. The van der Waals surface area contributed by atoms with Crippen molar-refractivity contribution in [1.82, 2.24) is 15.0 Å². The molecular formula is C19H18N4O3S2. The number of hydrogen-bond acceptors (Lipinski definition) is 8. The molecule has 0 bridgehead atoms. The van der Waals surface area contributed by atoms with Crippen molar-refractivity contribution in [2.24, 2.45) is 0 Å². The van der Waals surface area contributed by atoms with Crippen molar-refractivity contribution in [2.75, 3.05) is 11.3 Å². The van der Waals surface area contributed by atoms with Gasteiger partial charge in [-0.15, -0.1) is 0 Å². The number of nitrogens with zero attached hydrogens (tertiary/aromatic N) is 3. The van der Waals surface area contributed by atoms with Crippen LogP contribution in [0.25, 0.3) is 21.1 Å². The van der Waals surface area contributed by atoms with Crippen LogP contribution in [-0.4, -0.2) is 34.6 Å². The van der Waals surface area contributed by atoms with Gasteiger partial charge in [0, 0.05) is 11.6 Å². The first-order valence-corrected chi connectivity index (χ1v) is 11.2. The highest BCUT2D eigenvalue weighted by Crippen LogP contribution is 2.28. The molecule has 0 aliphatic carbocycles. The van der Waals surface area contributed by atoms with Crippen molar-refractivity contribution in [3.8, 4) is 5.75 Å². The molecule has 0 spiro atoms. The van der Waals surface area contributed by atoms with E-state index in [4.69, 9.17) is 4.74 Å². The van der Waals surface area contributed by atoms with E-state index in [0.29, 0.717) is 11.7 Å². The van der Waals surface area contributed by atoms with Crippen molar-refractivity contribution in [3.63, 3.8) is 0 Å². The molecule has 28 heavy (non-hydrogen) atoms. The molecule has 144 valence electrons. The van der Waals surface area contributed by atoms with E-state index in [2.05, 4.69) is 20.3 Å². The van der Waals surface area contributed by atoms with Crippen molar-refractivity contribution in [1.29, 1.82) is 0 Å². The second kappa shape index (κ2) is 7.33. The predicted octanol–water partition coefficient (Wildman–Crippen LogP) is 4.14. The Bertz CT molecular complexity index is 1220. The van der Waals surface area contributed by atoms with Crippen LogP contribution < -0.4 is 10.1 Å². The summed E-state index contributed by atoms with van der Waals surface area (Å²) >= 11 is 1.53. The fraction of sp³-hybridized carbons (Fsp3) is 0.211. The Morgan fingerprint density at radius 3 is 2.71 bits per heavy atom. The zero-order chi connectivity index (χ0) is 19.7. The smallest absolute Gasteiger partial charge is 0.229 e. The lowest BCUT2D eigenvalue weighted by molar-refractivity contribution is 0.375. The van der Waals surface area contributed by atoms with Gasteiger partial charge in [0.25, 0.3) is 0 Å². The van der Waals surface area contributed by atoms with E-state index in [0.717, 1.165) is 26.3 Å². The molecular weight excluding hydrogens is 396 g/mol. The molecule has 0 saturated carbocycles. The first kappa shape index (κ1) is 18.6. The van der Waals surface area contributed by atoms with Gasteiger partial charge in [-0.2, -0.15) is 0 Å². The average molecular weight is 415 g/mol. The van der Waals surface area contributed by atoms with E-state index in [1.165, 1.54) is 11.3 Å². The molecule has 4 rings (SSSR count). The molecule has 1 N–H and O–H groups in total. The molecule has 2 aromatic heterocycles. The maximum Gasteiger partial charge on any atom is 0.229 e. The van der Waals surface area contributed by atoms with Crippen molar-refractivity contribution in [3.05, 3.63) is 48.7 Å². The van der Waals surface area contributed by atoms with Gasteiger partial charge < -0.3 is 4.74 Å². The van der Waals surface area contributed by atoms with Gasteiger partial charge in [0.1, 0.15) is 5.75 Å². The van der Waals surface area contributed by atoms with Gasteiger partial charge in [0.15, 0.2) is 20.9 Å². The van der Waals surface area contributed by atoms with Gasteiger partial charge in [-0.05, 0) is 44.2 Å². The summed E-state index contributed by atoms with van der Waals surface area (Å²) in [5.41, 5.74) is 1.65. The standard InChI is InChI=1S/C19H18N4O3S2/c1-12(2)28(24,25)11-26-14-7-8-15-13(9-14)10-20-18(21-15)23-19-22-16-5-3-4-6-17(16)27-19/h3-10,12H,11H2,1-2H3,(H,20,21,22,23). The van der Waals surface area contributed by atoms with Gasteiger partial charge in [0.2, 0.25) is 5.95 Å². The summed E-state index contributed by atoms with van der Waals surface area (Å²) in [6.45, 7) is 3.26. The third-order valence-electron chi connectivity index (χ3n) is 4.17. The number of benzene rings is 2. The van der Waals surface area contributed by atoms with E-state index >= 15 is 0 Å². The Morgan fingerprint density at radius 1 is 1.11 bits per heavy atom. The topological polar surface area (TPSA) is 94.1 Å². The van der Waals surface area contributed by atoms with Gasteiger partial charge in [-0.3, -0.25) is 5.32 Å². The Labute approximate surface area is 166 Å². The van der Waals surface area contributed by atoms with E-state index in [1.807, 2.05) is 24.3 Å². The second-order valence-corrected chi connectivity index (χ2v) is 10.0. The molecule has 7 nitrogen and oxygen atoms in total. The van der Waals surface area contributed by atoms with E-state index in [9.17, 15) is 8.42 Å². The number of anilines is 2. The minimum atomic E-state index is -3.27. The molecule has 0 radical (unpaired) electrons. The number of thiazole rings is 1. The zero-order valence-corrected chi connectivity index (χ0v) is 16.9. The van der Waals surface area contributed by atoms with Gasteiger partial charge in [0.05, 0.1) is 21.0 Å². The third kappa shape index (κ3) is 3.90. The lowest BCUT2D eigenvalue weighted by atomic mass is 10.2. The van der Waals surface area contributed by atoms with Crippen molar-refractivity contribution in [2.45, 2.75) is 19.1 Å². The lowest BCUT2D eigenvalue weighted by Gasteiger charge is -2.10. The zero-order valence-electron chi connectivity index (χ0n) is 15.3. The summed E-state index contributed by atoms with van der Waals surface area (Å²) < 4.78 is 30.3. The van der Waals surface area contributed by atoms with E-state index in [1.54, 1.807) is 38.2 Å². The van der Waals surface area contributed by atoms with Crippen LogP contribution in [0.3, 0.4) is 0 Å². The first-order chi connectivity index (χ1) is 13.4. The fourth-order valence-electron chi connectivity index (χ4n) is 2.47. The molecule has 0 atom stereocenters. The average Bonchev–Trinajstić information content (AvgIpc) is 3.08. The summed E-state index contributed by atoms with van der Waals surface area (Å²) in [7, 11) is -3.27. The van der Waals surface area contributed by atoms with Crippen LogP contribution in [0.15, 0.2) is 48.7 Å². The number of aromatic nitrogens is 3. The Balaban J connectivity index is 1.53. The molecule has 4 aromatic rings. The van der Waals surface area contributed by atoms with Crippen LogP contribution in [0, 0.1) is 0 Å². The van der Waals surface area contributed by atoms with Gasteiger partial charge in [-0.25, -0.2) is 23.4 Å². The molecule has 0 amide bonds. The number of para-hydroxylation sites is 1. The number of nitrogens with one attached hydrogen (secondary N) is 1. The van der Waals surface area contributed by atoms with Crippen molar-refractivity contribution < 1.29 is 13.2 Å². The summed E-state index contributed by atoms with van der Waals surface area (Å²) in [4.78, 5) is 13.3. The maximum absolute atomic E-state index is 11.9. The molecule has 9 heteroatoms. The molecule has 2 heterocycles. The molecule has 2 aromatic carbocycles. The summed E-state index contributed by atoms with van der Waals surface area (Å²) in [5, 5.41) is 4.13. The summed E-state index contributed by atoms with van der Waals surface area (Å²) in [6.07, 6.45) is 1.67. The van der Waals surface area contributed by atoms with Crippen molar-refractivity contribution >= 4 is 53.4 Å². The van der Waals surface area contributed by atoms with Crippen LogP contribution in [0.1, 0.15) is 13.8 Å². The number of ether oxygens (including phenoxy) is 1. The SMILES string of the molecule is CC(C)S(=O)(=O)COc1ccc2nc(Nc3nc4ccccc4s3)ncc2c1. The fourth-order valence-corrected chi connectivity index (χ4v) is 3.90. The number of rotatable bonds is 6. The predicted molar refractivity (Wildman–Crippen MR) is 112 cm³/mol. The Morgan fingerprint density at radius 2 is 1.93 bits per heavy atom. The molecule has 0 aliphatic rings.